The summed E-state index contributed by atoms with van der Waals surface area (Å²) in [5.74, 6) is -0.747. The Kier molecular flexibility index (Phi) is 5.79. The van der Waals surface area contributed by atoms with Crippen LogP contribution in [0.5, 0.6) is 0 Å². The van der Waals surface area contributed by atoms with Crippen molar-refractivity contribution in [3.8, 4) is 6.07 Å². The Morgan fingerprint density at radius 2 is 2.33 bits per heavy atom. The maximum atomic E-state index is 11.9. The Bertz CT molecular complexity index is 436. The number of thiazole rings is 1. The van der Waals surface area contributed by atoms with Gasteiger partial charge in [-0.25, -0.2) is 4.98 Å². The average molecular weight is 265 g/mol. The van der Waals surface area contributed by atoms with Crippen LogP contribution >= 0.6 is 11.3 Å². The number of rotatable bonds is 6. The fraction of sp³-hybridized carbons (Fsp3) is 0.615. The van der Waals surface area contributed by atoms with Crippen LogP contribution < -0.4 is 5.32 Å². The number of nitriles is 1. The molecule has 0 aromatic carbocycles. The molecule has 1 heterocycles. The van der Waals surface area contributed by atoms with Crippen molar-refractivity contribution >= 4 is 17.2 Å². The van der Waals surface area contributed by atoms with Gasteiger partial charge in [-0.1, -0.05) is 20.3 Å². The molecule has 0 saturated carbocycles. The van der Waals surface area contributed by atoms with E-state index in [1.807, 2.05) is 26.1 Å². The number of hydrogen-bond acceptors (Lipinski definition) is 4. The highest BCUT2D eigenvalue weighted by Crippen LogP contribution is 2.20. The monoisotopic (exact) mass is 265 g/mol. The highest BCUT2D eigenvalue weighted by atomic mass is 32.1. The minimum atomic E-state index is -0.553. The molecule has 1 aromatic heterocycles. The van der Waals surface area contributed by atoms with Crippen LogP contribution in [0.15, 0.2) is 6.20 Å². The van der Waals surface area contributed by atoms with E-state index in [4.69, 9.17) is 5.26 Å². The standard InChI is InChI=1S/C13H19N3OS/c1-4-6-10(7-14)12(17)16-9(3)13-15-8-11(5-2)18-13/h8-10H,4-6H2,1-3H3,(H,16,17). The Hall–Kier alpha value is -1.41. The van der Waals surface area contributed by atoms with E-state index in [0.29, 0.717) is 6.42 Å². The highest BCUT2D eigenvalue weighted by Gasteiger charge is 2.20. The van der Waals surface area contributed by atoms with Crippen LogP contribution in [0.3, 0.4) is 0 Å². The molecule has 4 nitrogen and oxygen atoms in total. The van der Waals surface area contributed by atoms with Crippen LogP contribution in [-0.2, 0) is 11.2 Å². The van der Waals surface area contributed by atoms with Gasteiger partial charge in [0, 0.05) is 11.1 Å². The fourth-order valence-electron chi connectivity index (χ4n) is 1.60. The van der Waals surface area contributed by atoms with Gasteiger partial charge in [-0.3, -0.25) is 4.79 Å². The van der Waals surface area contributed by atoms with E-state index < -0.39 is 5.92 Å². The molecule has 0 fully saturated rings. The van der Waals surface area contributed by atoms with Crippen molar-refractivity contribution in [1.29, 1.82) is 5.26 Å². The van der Waals surface area contributed by atoms with Crippen LogP contribution in [0.1, 0.15) is 49.5 Å². The zero-order valence-corrected chi connectivity index (χ0v) is 11.9. The molecule has 0 saturated heterocycles. The van der Waals surface area contributed by atoms with E-state index in [1.54, 1.807) is 11.3 Å². The second kappa shape index (κ2) is 7.12. The van der Waals surface area contributed by atoms with E-state index in [1.165, 1.54) is 4.88 Å². The summed E-state index contributed by atoms with van der Waals surface area (Å²) in [7, 11) is 0. The van der Waals surface area contributed by atoms with Crippen LogP contribution in [0.25, 0.3) is 0 Å². The minimum Gasteiger partial charge on any atom is -0.346 e. The average Bonchev–Trinajstić information content (AvgIpc) is 2.84. The molecule has 2 unspecified atom stereocenters. The molecule has 0 radical (unpaired) electrons. The molecule has 98 valence electrons. The second-order valence-corrected chi connectivity index (χ2v) is 5.37. The molecule has 0 spiro atoms. The molecule has 0 aliphatic rings. The van der Waals surface area contributed by atoms with Gasteiger partial charge in [-0.2, -0.15) is 5.26 Å². The van der Waals surface area contributed by atoms with Crippen molar-refractivity contribution in [2.24, 2.45) is 5.92 Å². The lowest BCUT2D eigenvalue weighted by Crippen LogP contribution is -2.32. The zero-order valence-electron chi connectivity index (χ0n) is 11.1. The summed E-state index contributed by atoms with van der Waals surface area (Å²) in [6.45, 7) is 5.94. The van der Waals surface area contributed by atoms with Gasteiger partial charge in [0.2, 0.25) is 5.91 Å². The van der Waals surface area contributed by atoms with Crippen molar-refractivity contribution in [2.45, 2.75) is 46.1 Å². The van der Waals surface area contributed by atoms with Crippen molar-refractivity contribution in [3.05, 3.63) is 16.1 Å². The number of aromatic nitrogens is 1. The lowest BCUT2D eigenvalue weighted by molar-refractivity contribution is -0.124. The number of carbonyl (C=O) groups excluding carboxylic acids is 1. The van der Waals surface area contributed by atoms with Gasteiger partial charge in [-0.15, -0.1) is 11.3 Å². The first-order valence-electron chi connectivity index (χ1n) is 6.26. The quantitative estimate of drug-likeness (QED) is 0.860. The maximum Gasteiger partial charge on any atom is 0.237 e. The van der Waals surface area contributed by atoms with Gasteiger partial charge in [-0.05, 0) is 19.8 Å². The summed E-state index contributed by atoms with van der Waals surface area (Å²) < 4.78 is 0. The maximum absolute atomic E-state index is 11.9. The molecular formula is C13H19N3OS. The van der Waals surface area contributed by atoms with E-state index >= 15 is 0 Å². The normalized spacial score (nSPS) is 13.7. The van der Waals surface area contributed by atoms with Crippen LogP contribution in [-0.4, -0.2) is 10.9 Å². The molecule has 5 heteroatoms. The lowest BCUT2D eigenvalue weighted by Gasteiger charge is -2.13. The third-order valence-corrected chi connectivity index (χ3v) is 4.02. The van der Waals surface area contributed by atoms with Gasteiger partial charge >= 0.3 is 0 Å². The number of nitrogens with zero attached hydrogens (tertiary/aromatic N) is 2. The summed E-state index contributed by atoms with van der Waals surface area (Å²) >= 11 is 1.61. The number of carbonyl (C=O) groups is 1. The largest absolute Gasteiger partial charge is 0.346 e. The molecule has 0 aliphatic carbocycles. The first kappa shape index (κ1) is 14.7. The van der Waals surface area contributed by atoms with Gasteiger partial charge < -0.3 is 5.32 Å². The third kappa shape index (κ3) is 3.81. The van der Waals surface area contributed by atoms with Crippen LogP contribution in [0, 0.1) is 17.2 Å². The summed E-state index contributed by atoms with van der Waals surface area (Å²) in [5, 5.41) is 12.7. The first-order chi connectivity index (χ1) is 8.62. The smallest absolute Gasteiger partial charge is 0.237 e. The summed E-state index contributed by atoms with van der Waals surface area (Å²) in [6, 6.07) is 1.92. The minimum absolute atomic E-state index is 0.129. The van der Waals surface area contributed by atoms with Gasteiger partial charge in [0.1, 0.15) is 10.9 Å². The van der Waals surface area contributed by atoms with Crippen molar-refractivity contribution < 1.29 is 4.79 Å². The van der Waals surface area contributed by atoms with Crippen molar-refractivity contribution in [2.75, 3.05) is 0 Å². The van der Waals surface area contributed by atoms with E-state index in [0.717, 1.165) is 17.8 Å². The molecule has 0 bridgehead atoms. The number of aryl methyl sites for hydroxylation is 1. The molecule has 2 atom stereocenters. The predicted molar refractivity (Wildman–Crippen MR) is 72.1 cm³/mol. The van der Waals surface area contributed by atoms with Gasteiger partial charge in [0.25, 0.3) is 0 Å². The molecule has 1 amide bonds. The Morgan fingerprint density at radius 3 is 2.83 bits per heavy atom. The Balaban J connectivity index is 2.61. The molecule has 1 N–H and O–H groups in total. The Morgan fingerprint density at radius 1 is 1.61 bits per heavy atom. The van der Waals surface area contributed by atoms with Crippen molar-refractivity contribution in [3.63, 3.8) is 0 Å². The summed E-state index contributed by atoms with van der Waals surface area (Å²) in [5.41, 5.74) is 0. The number of amides is 1. The SMILES string of the molecule is CCCC(C#N)C(=O)NC(C)c1ncc(CC)s1. The van der Waals surface area contributed by atoms with Gasteiger partial charge in [0.15, 0.2) is 0 Å². The van der Waals surface area contributed by atoms with Gasteiger partial charge in [0.05, 0.1) is 12.1 Å². The first-order valence-corrected chi connectivity index (χ1v) is 7.08. The molecule has 0 aliphatic heterocycles. The molecular weight excluding hydrogens is 246 g/mol. The zero-order chi connectivity index (χ0) is 13.5. The molecule has 1 aromatic rings. The van der Waals surface area contributed by atoms with Crippen molar-refractivity contribution in [1.82, 2.24) is 10.3 Å². The molecule has 1 rings (SSSR count). The summed E-state index contributed by atoms with van der Waals surface area (Å²) in [6.07, 6.45) is 4.23. The highest BCUT2D eigenvalue weighted by molar-refractivity contribution is 7.11. The van der Waals surface area contributed by atoms with E-state index in [9.17, 15) is 4.79 Å². The predicted octanol–water partition coefficient (Wildman–Crippen LogP) is 2.82. The Labute approximate surface area is 112 Å². The molecule has 18 heavy (non-hydrogen) atoms. The fourth-order valence-corrected chi connectivity index (χ4v) is 2.46. The van der Waals surface area contributed by atoms with E-state index in [-0.39, 0.29) is 11.9 Å². The van der Waals surface area contributed by atoms with Crippen LogP contribution in [0.4, 0.5) is 0 Å². The topological polar surface area (TPSA) is 65.8 Å². The third-order valence-electron chi connectivity index (χ3n) is 2.70. The van der Waals surface area contributed by atoms with Crippen LogP contribution in [0.2, 0.25) is 0 Å². The lowest BCUT2D eigenvalue weighted by atomic mass is 10.0. The van der Waals surface area contributed by atoms with E-state index in [2.05, 4.69) is 17.2 Å². The number of hydrogen-bond donors (Lipinski definition) is 1. The summed E-state index contributed by atoms with van der Waals surface area (Å²) in [4.78, 5) is 17.4. The second-order valence-electron chi connectivity index (χ2n) is 4.22. The number of nitrogens with one attached hydrogen (secondary N) is 1.